The molecule has 0 heterocycles. The number of rotatable bonds is 3. The van der Waals surface area contributed by atoms with E-state index >= 15 is 0 Å². The zero-order valence-electron chi connectivity index (χ0n) is 10.3. The molecule has 0 aliphatic heterocycles. The van der Waals surface area contributed by atoms with E-state index in [0.717, 1.165) is 5.69 Å². The summed E-state index contributed by atoms with van der Waals surface area (Å²) in [4.78, 5) is 11.7. The quantitative estimate of drug-likeness (QED) is 0.666. The number of carbonyl (C=O) groups is 1. The second-order valence-corrected chi connectivity index (χ2v) is 4.33. The first-order chi connectivity index (χ1) is 9.11. The summed E-state index contributed by atoms with van der Waals surface area (Å²) in [5, 5.41) is 3.68. The van der Waals surface area contributed by atoms with Crippen LogP contribution in [0.5, 0.6) is 0 Å². The highest BCUT2D eigenvalue weighted by Gasteiger charge is 2.14. The number of hydrogen-bond acceptors (Lipinski definition) is 4. The van der Waals surface area contributed by atoms with E-state index in [-0.39, 0.29) is 0 Å². The van der Waals surface area contributed by atoms with E-state index in [4.69, 9.17) is 22.1 Å². The van der Waals surface area contributed by atoms with Crippen LogP contribution in [0.2, 0.25) is 5.02 Å². The first-order valence-electron chi connectivity index (χ1n) is 5.61. The molecule has 4 nitrogen and oxygen atoms in total. The molecule has 0 amide bonds. The lowest BCUT2D eigenvalue weighted by Crippen LogP contribution is -2.07. The maximum atomic E-state index is 11.7. The van der Waals surface area contributed by atoms with Crippen molar-refractivity contribution < 1.29 is 9.53 Å². The Morgan fingerprint density at radius 3 is 2.68 bits per heavy atom. The van der Waals surface area contributed by atoms with Gasteiger partial charge in [-0.3, -0.25) is 0 Å². The summed E-state index contributed by atoms with van der Waals surface area (Å²) in [6.07, 6.45) is 0. The molecule has 0 aliphatic rings. The Bertz CT molecular complexity index is 614. The van der Waals surface area contributed by atoms with Crippen LogP contribution in [0.4, 0.5) is 17.1 Å². The molecule has 3 N–H and O–H groups in total. The molecule has 0 radical (unpaired) electrons. The third-order valence-corrected chi connectivity index (χ3v) is 2.83. The fourth-order valence-corrected chi connectivity index (χ4v) is 1.89. The Balaban J connectivity index is 2.41. The molecule has 2 aromatic carbocycles. The average molecular weight is 277 g/mol. The molecule has 2 rings (SSSR count). The van der Waals surface area contributed by atoms with Crippen molar-refractivity contribution in [2.75, 3.05) is 18.2 Å². The predicted molar refractivity (Wildman–Crippen MR) is 76.9 cm³/mol. The van der Waals surface area contributed by atoms with E-state index < -0.39 is 5.97 Å². The first-order valence-corrected chi connectivity index (χ1v) is 5.99. The van der Waals surface area contributed by atoms with Crippen molar-refractivity contribution in [1.29, 1.82) is 0 Å². The normalized spacial score (nSPS) is 10.0. The van der Waals surface area contributed by atoms with E-state index in [0.29, 0.717) is 22.0 Å². The van der Waals surface area contributed by atoms with Gasteiger partial charge in [0, 0.05) is 10.7 Å². The third-order valence-electron chi connectivity index (χ3n) is 2.60. The van der Waals surface area contributed by atoms with Crippen molar-refractivity contribution in [3.05, 3.63) is 53.1 Å². The summed E-state index contributed by atoms with van der Waals surface area (Å²) >= 11 is 5.92. The highest BCUT2D eigenvalue weighted by atomic mass is 35.5. The number of carbonyl (C=O) groups excluding carboxylic acids is 1. The van der Waals surface area contributed by atoms with E-state index in [9.17, 15) is 4.79 Å². The molecular weight excluding hydrogens is 264 g/mol. The number of benzene rings is 2. The number of esters is 1. The van der Waals surface area contributed by atoms with Gasteiger partial charge in [-0.05, 0) is 30.3 Å². The van der Waals surface area contributed by atoms with Crippen LogP contribution < -0.4 is 11.1 Å². The number of para-hydroxylation sites is 1. The lowest BCUT2D eigenvalue weighted by Gasteiger charge is -2.13. The molecule has 0 fully saturated rings. The number of hydrogen-bond donors (Lipinski definition) is 2. The van der Waals surface area contributed by atoms with Gasteiger partial charge in [0.05, 0.1) is 24.0 Å². The monoisotopic (exact) mass is 276 g/mol. The molecule has 5 heteroatoms. The number of nitrogens with one attached hydrogen (secondary N) is 1. The van der Waals surface area contributed by atoms with Crippen LogP contribution in [-0.4, -0.2) is 13.1 Å². The van der Waals surface area contributed by atoms with Gasteiger partial charge < -0.3 is 15.8 Å². The lowest BCUT2D eigenvalue weighted by atomic mass is 10.1. The second kappa shape index (κ2) is 5.63. The minimum Gasteiger partial charge on any atom is -0.465 e. The van der Waals surface area contributed by atoms with Crippen molar-refractivity contribution in [2.24, 2.45) is 0 Å². The van der Waals surface area contributed by atoms with Crippen LogP contribution in [0.25, 0.3) is 0 Å². The molecular formula is C14H13ClN2O2. The highest BCUT2D eigenvalue weighted by molar-refractivity contribution is 6.30. The van der Waals surface area contributed by atoms with Crippen molar-refractivity contribution in [3.63, 3.8) is 0 Å². The predicted octanol–water partition coefficient (Wildman–Crippen LogP) is 3.45. The number of nitrogens with two attached hydrogens (primary N) is 1. The third kappa shape index (κ3) is 2.98. The van der Waals surface area contributed by atoms with E-state index in [1.807, 2.05) is 12.1 Å². The van der Waals surface area contributed by atoms with Crippen LogP contribution >= 0.6 is 11.6 Å². The minimum atomic E-state index is -0.447. The number of anilines is 3. The first kappa shape index (κ1) is 13.2. The standard InChI is InChI=1S/C14H13ClN2O2/c1-19-14(18)11-6-3-7-12(16)13(11)17-10-5-2-4-9(15)8-10/h2-8,17H,16H2,1H3. The molecule has 0 atom stereocenters. The van der Waals surface area contributed by atoms with Gasteiger partial charge in [0.2, 0.25) is 0 Å². The van der Waals surface area contributed by atoms with Gasteiger partial charge in [-0.1, -0.05) is 23.7 Å². The topological polar surface area (TPSA) is 64.3 Å². The number of methoxy groups -OCH3 is 1. The molecule has 0 bridgehead atoms. The maximum Gasteiger partial charge on any atom is 0.340 e. The number of nitrogen functional groups attached to an aromatic ring is 1. The molecule has 0 saturated heterocycles. The van der Waals surface area contributed by atoms with Crippen LogP contribution in [0.1, 0.15) is 10.4 Å². The maximum absolute atomic E-state index is 11.7. The summed E-state index contributed by atoms with van der Waals surface area (Å²) in [7, 11) is 1.33. The zero-order valence-corrected chi connectivity index (χ0v) is 11.1. The molecule has 98 valence electrons. The molecule has 0 aliphatic carbocycles. The van der Waals surface area contributed by atoms with Crippen molar-refractivity contribution >= 4 is 34.6 Å². The Hall–Kier alpha value is -2.20. The Kier molecular flexibility index (Phi) is 3.92. The highest BCUT2D eigenvalue weighted by Crippen LogP contribution is 2.28. The van der Waals surface area contributed by atoms with Gasteiger partial charge in [-0.2, -0.15) is 0 Å². The van der Waals surface area contributed by atoms with E-state index in [1.54, 1.807) is 30.3 Å². The van der Waals surface area contributed by atoms with Crippen molar-refractivity contribution in [2.45, 2.75) is 0 Å². The fourth-order valence-electron chi connectivity index (χ4n) is 1.70. The van der Waals surface area contributed by atoms with Crippen LogP contribution in [-0.2, 0) is 4.74 Å². The van der Waals surface area contributed by atoms with Crippen molar-refractivity contribution in [3.8, 4) is 0 Å². The Labute approximate surface area is 116 Å². The van der Waals surface area contributed by atoms with Gasteiger partial charge in [0.15, 0.2) is 0 Å². The Morgan fingerprint density at radius 1 is 1.26 bits per heavy atom. The van der Waals surface area contributed by atoms with Crippen LogP contribution in [0.15, 0.2) is 42.5 Å². The van der Waals surface area contributed by atoms with Gasteiger partial charge >= 0.3 is 5.97 Å². The van der Waals surface area contributed by atoms with Crippen LogP contribution in [0, 0.1) is 0 Å². The number of ether oxygens (including phenoxy) is 1. The number of halogens is 1. The van der Waals surface area contributed by atoms with Crippen LogP contribution in [0.3, 0.4) is 0 Å². The van der Waals surface area contributed by atoms with Gasteiger partial charge in [-0.15, -0.1) is 0 Å². The molecule has 0 spiro atoms. The van der Waals surface area contributed by atoms with Gasteiger partial charge in [-0.25, -0.2) is 4.79 Å². The average Bonchev–Trinajstić information content (AvgIpc) is 2.40. The summed E-state index contributed by atoms with van der Waals surface area (Å²) in [5.41, 5.74) is 7.99. The zero-order chi connectivity index (χ0) is 13.8. The fraction of sp³-hybridized carbons (Fsp3) is 0.0714. The van der Waals surface area contributed by atoms with Crippen molar-refractivity contribution in [1.82, 2.24) is 0 Å². The summed E-state index contributed by atoms with van der Waals surface area (Å²) < 4.78 is 4.73. The molecule has 2 aromatic rings. The largest absolute Gasteiger partial charge is 0.465 e. The smallest absolute Gasteiger partial charge is 0.340 e. The molecule has 0 aromatic heterocycles. The SMILES string of the molecule is COC(=O)c1cccc(N)c1Nc1cccc(Cl)c1. The van der Waals surface area contributed by atoms with E-state index in [1.165, 1.54) is 7.11 Å². The summed E-state index contributed by atoms with van der Waals surface area (Å²) in [6.45, 7) is 0. The lowest BCUT2D eigenvalue weighted by molar-refractivity contribution is 0.0602. The van der Waals surface area contributed by atoms with Gasteiger partial charge in [0.25, 0.3) is 0 Å². The van der Waals surface area contributed by atoms with E-state index in [2.05, 4.69) is 5.32 Å². The summed E-state index contributed by atoms with van der Waals surface area (Å²) in [6, 6.07) is 12.2. The van der Waals surface area contributed by atoms with Gasteiger partial charge in [0.1, 0.15) is 0 Å². The summed E-state index contributed by atoms with van der Waals surface area (Å²) in [5.74, 6) is -0.447. The Morgan fingerprint density at radius 2 is 2.00 bits per heavy atom. The molecule has 0 saturated carbocycles. The molecule has 0 unspecified atom stereocenters. The molecule has 19 heavy (non-hydrogen) atoms. The minimum absolute atomic E-state index is 0.377. The second-order valence-electron chi connectivity index (χ2n) is 3.90.